The van der Waals surface area contributed by atoms with Crippen LogP contribution in [0.4, 0.5) is 0 Å². The van der Waals surface area contributed by atoms with Crippen LogP contribution >= 0.6 is 0 Å². The lowest BCUT2D eigenvalue weighted by molar-refractivity contribution is -0.118. The number of carbonyl (C=O) groups excluding carboxylic acids is 1. The van der Waals surface area contributed by atoms with E-state index in [1.165, 1.54) is 24.8 Å². The zero-order valence-electron chi connectivity index (χ0n) is 17.5. The van der Waals surface area contributed by atoms with Crippen molar-refractivity contribution < 1.29 is 4.79 Å². The topological polar surface area (TPSA) is 64.0 Å². The first kappa shape index (κ1) is 19.0. The second-order valence-corrected chi connectivity index (χ2v) is 9.10. The molecule has 3 aromatic rings. The highest BCUT2D eigenvalue weighted by Crippen LogP contribution is 2.49. The van der Waals surface area contributed by atoms with E-state index < -0.39 is 0 Å². The molecule has 0 spiro atoms. The number of nitrogens with one attached hydrogen (secondary N) is 1. The Hall–Kier alpha value is -2.95. The van der Waals surface area contributed by atoms with Crippen LogP contribution in [-0.4, -0.2) is 15.8 Å². The molecule has 2 bridgehead atoms. The van der Waals surface area contributed by atoms with Crippen molar-refractivity contribution in [1.82, 2.24) is 9.89 Å². The summed E-state index contributed by atoms with van der Waals surface area (Å²) < 4.78 is 0. The molecule has 2 aromatic carbocycles. The molecule has 2 aliphatic carbocycles. The zero-order chi connectivity index (χ0) is 20.8. The second kappa shape index (κ2) is 7.38. The van der Waals surface area contributed by atoms with Gasteiger partial charge in [0.05, 0.1) is 5.39 Å². The van der Waals surface area contributed by atoms with Crippen molar-refractivity contribution in [2.75, 3.05) is 5.43 Å². The van der Waals surface area contributed by atoms with Crippen LogP contribution < -0.4 is 11.0 Å². The van der Waals surface area contributed by atoms with E-state index in [1.807, 2.05) is 37.3 Å². The number of hydrogen-bond acceptors (Lipinski definition) is 3. The zero-order valence-corrected chi connectivity index (χ0v) is 17.5. The molecule has 3 unspecified atom stereocenters. The Bertz CT molecular complexity index is 1200. The molecule has 0 aliphatic heterocycles. The highest BCUT2D eigenvalue weighted by Gasteiger charge is 2.40. The molecule has 2 saturated carbocycles. The first-order valence-electron chi connectivity index (χ1n) is 10.9. The number of aryl methyl sites for hydroxylation is 2. The Morgan fingerprint density at radius 2 is 1.90 bits per heavy atom. The number of hydrogen-bond donors (Lipinski definition) is 1. The van der Waals surface area contributed by atoms with Gasteiger partial charge in [0.1, 0.15) is 5.69 Å². The van der Waals surface area contributed by atoms with E-state index in [0.717, 1.165) is 33.6 Å². The van der Waals surface area contributed by atoms with Gasteiger partial charge in [0.15, 0.2) is 0 Å². The maximum Gasteiger partial charge on any atom is 0.294 e. The van der Waals surface area contributed by atoms with Gasteiger partial charge in [0, 0.05) is 17.4 Å². The molecule has 1 N–H and O–H groups in total. The van der Waals surface area contributed by atoms with Crippen molar-refractivity contribution in [3.05, 3.63) is 63.9 Å². The van der Waals surface area contributed by atoms with E-state index in [2.05, 4.69) is 23.5 Å². The van der Waals surface area contributed by atoms with Crippen LogP contribution in [0.1, 0.15) is 43.2 Å². The number of nitrogens with zero attached hydrogens (tertiary/aromatic N) is 2. The van der Waals surface area contributed by atoms with Crippen LogP contribution in [0.5, 0.6) is 0 Å². The standard InChI is InChI=1S/C25H27N3O2/c1-15-7-10-20(16(2)11-15)24-21-5-3-4-6-22(21)25(30)28(27-24)26-23(29)14-19-13-17-8-9-18(19)12-17/h3-7,10-11,17-19H,8-9,12-14H2,1-2H3,(H,26,29). The summed E-state index contributed by atoms with van der Waals surface area (Å²) in [5.74, 6) is 1.79. The van der Waals surface area contributed by atoms with E-state index in [4.69, 9.17) is 0 Å². The van der Waals surface area contributed by atoms with Crippen molar-refractivity contribution in [3.8, 4) is 11.3 Å². The smallest absolute Gasteiger partial charge is 0.273 e. The SMILES string of the molecule is Cc1ccc(-c2nn(NC(=O)CC3CC4CCC3C4)c(=O)c3ccccc23)c(C)c1. The Kier molecular flexibility index (Phi) is 4.69. The van der Waals surface area contributed by atoms with Crippen LogP contribution in [0.25, 0.3) is 22.0 Å². The molecular weight excluding hydrogens is 374 g/mol. The van der Waals surface area contributed by atoms with Crippen LogP contribution in [0.3, 0.4) is 0 Å². The van der Waals surface area contributed by atoms with E-state index in [-0.39, 0.29) is 11.5 Å². The largest absolute Gasteiger partial charge is 0.294 e. The molecule has 5 heteroatoms. The van der Waals surface area contributed by atoms with E-state index in [0.29, 0.717) is 29.3 Å². The van der Waals surface area contributed by atoms with E-state index in [1.54, 1.807) is 6.07 Å². The molecule has 30 heavy (non-hydrogen) atoms. The molecule has 2 fully saturated rings. The van der Waals surface area contributed by atoms with Crippen LogP contribution in [0.15, 0.2) is 47.3 Å². The highest BCUT2D eigenvalue weighted by atomic mass is 16.2. The summed E-state index contributed by atoms with van der Waals surface area (Å²) >= 11 is 0. The van der Waals surface area contributed by atoms with Crippen molar-refractivity contribution in [2.24, 2.45) is 17.8 Å². The summed E-state index contributed by atoms with van der Waals surface area (Å²) in [6.45, 7) is 4.10. The Morgan fingerprint density at radius 3 is 2.60 bits per heavy atom. The minimum absolute atomic E-state index is 0.121. The molecular formula is C25H27N3O2. The number of benzene rings is 2. The minimum atomic E-state index is -0.291. The van der Waals surface area contributed by atoms with Gasteiger partial charge in [-0.25, -0.2) is 5.43 Å². The van der Waals surface area contributed by atoms with Crippen LogP contribution in [0.2, 0.25) is 0 Å². The maximum atomic E-state index is 13.0. The van der Waals surface area contributed by atoms with Gasteiger partial charge in [0.25, 0.3) is 5.56 Å². The summed E-state index contributed by atoms with van der Waals surface area (Å²) in [6.07, 6.45) is 5.44. The third-order valence-electron chi connectivity index (χ3n) is 7.00. The summed E-state index contributed by atoms with van der Waals surface area (Å²) in [7, 11) is 0. The lowest BCUT2D eigenvalue weighted by Crippen LogP contribution is -2.36. The molecule has 1 aromatic heterocycles. The summed E-state index contributed by atoms with van der Waals surface area (Å²) in [4.78, 5) is 27.0. The number of fused-ring (bicyclic) bond motifs is 3. The van der Waals surface area contributed by atoms with Gasteiger partial charge < -0.3 is 0 Å². The molecule has 3 atom stereocenters. The molecule has 0 radical (unpaired) electrons. The monoisotopic (exact) mass is 401 g/mol. The fraction of sp³-hybridized carbons (Fsp3) is 0.400. The van der Waals surface area contributed by atoms with Crippen molar-refractivity contribution in [1.29, 1.82) is 0 Å². The molecule has 154 valence electrons. The Morgan fingerprint density at radius 1 is 1.10 bits per heavy atom. The van der Waals surface area contributed by atoms with E-state index in [9.17, 15) is 9.59 Å². The van der Waals surface area contributed by atoms with Gasteiger partial charge in [0.2, 0.25) is 5.91 Å². The summed E-state index contributed by atoms with van der Waals surface area (Å²) in [6, 6.07) is 13.7. The van der Waals surface area contributed by atoms with Gasteiger partial charge >= 0.3 is 0 Å². The molecule has 2 aliphatic rings. The van der Waals surface area contributed by atoms with Gasteiger partial charge in [-0.1, -0.05) is 48.4 Å². The Balaban J connectivity index is 1.51. The van der Waals surface area contributed by atoms with Gasteiger partial charge in [-0.3, -0.25) is 9.59 Å². The van der Waals surface area contributed by atoms with Crippen molar-refractivity contribution >= 4 is 16.7 Å². The average Bonchev–Trinajstić information content (AvgIpc) is 3.34. The number of aromatic nitrogens is 2. The number of amides is 1. The van der Waals surface area contributed by atoms with Crippen LogP contribution in [0, 0.1) is 31.6 Å². The molecule has 1 heterocycles. The predicted molar refractivity (Wildman–Crippen MR) is 119 cm³/mol. The first-order chi connectivity index (χ1) is 14.5. The summed E-state index contributed by atoms with van der Waals surface area (Å²) in [5.41, 5.74) is 6.43. The van der Waals surface area contributed by atoms with Crippen LogP contribution in [-0.2, 0) is 4.79 Å². The molecule has 1 amide bonds. The number of carbonyl (C=O) groups is 1. The number of rotatable bonds is 4. The predicted octanol–water partition coefficient (Wildman–Crippen LogP) is 4.58. The third-order valence-corrected chi connectivity index (χ3v) is 7.00. The normalized spacial score (nSPS) is 22.5. The minimum Gasteiger partial charge on any atom is -0.273 e. The van der Waals surface area contributed by atoms with Gasteiger partial charge in [-0.15, -0.1) is 9.89 Å². The average molecular weight is 402 g/mol. The van der Waals surface area contributed by atoms with E-state index >= 15 is 0 Å². The quantitative estimate of drug-likeness (QED) is 0.696. The van der Waals surface area contributed by atoms with Gasteiger partial charge in [-0.05, 0) is 62.5 Å². The lowest BCUT2D eigenvalue weighted by atomic mass is 9.86. The molecule has 5 nitrogen and oxygen atoms in total. The third kappa shape index (κ3) is 3.32. The maximum absolute atomic E-state index is 13.0. The molecule has 5 rings (SSSR count). The fourth-order valence-corrected chi connectivity index (χ4v) is 5.57. The second-order valence-electron chi connectivity index (χ2n) is 9.10. The van der Waals surface area contributed by atoms with Gasteiger partial charge in [-0.2, -0.15) is 0 Å². The molecule has 0 saturated heterocycles. The fourth-order valence-electron chi connectivity index (χ4n) is 5.57. The highest BCUT2D eigenvalue weighted by molar-refractivity contribution is 5.95. The first-order valence-corrected chi connectivity index (χ1v) is 10.9. The van der Waals surface area contributed by atoms with Crippen molar-refractivity contribution in [2.45, 2.75) is 46.0 Å². The lowest BCUT2D eigenvalue weighted by Gasteiger charge is -2.21. The van der Waals surface area contributed by atoms with Crippen molar-refractivity contribution in [3.63, 3.8) is 0 Å². The summed E-state index contributed by atoms with van der Waals surface area (Å²) in [5, 5.41) is 5.95. The Labute approximate surface area is 176 Å².